The van der Waals surface area contributed by atoms with E-state index in [4.69, 9.17) is 23.2 Å². The molecule has 0 aromatic heterocycles. The molecule has 0 fully saturated rings. The summed E-state index contributed by atoms with van der Waals surface area (Å²) in [6, 6.07) is 11.7. The summed E-state index contributed by atoms with van der Waals surface area (Å²) in [5, 5.41) is 10.1. The molecule has 0 aliphatic heterocycles. The van der Waals surface area contributed by atoms with E-state index in [0.29, 0.717) is 5.02 Å². The molecular weight excluding hydrogens is 411 g/mol. The summed E-state index contributed by atoms with van der Waals surface area (Å²) in [5.41, 5.74) is 5.12. The average Bonchev–Trinajstić information content (AvgIpc) is 2.63. The van der Waals surface area contributed by atoms with Crippen molar-refractivity contribution in [2.24, 2.45) is 21.0 Å². The fraction of sp³-hybridized carbons (Fsp3) is 0.462. The molecule has 4 heteroatoms. The second-order valence-corrected chi connectivity index (χ2v) is 11.2. The highest BCUT2D eigenvalue weighted by Gasteiger charge is 2.16. The highest BCUT2D eigenvalue weighted by atomic mass is 35.5. The molecule has 2 nitrogen and oxygen atoms in total. The van der Waals surface area contributed by atoms with Gasteiger partial charge in [0.25, 0.3) is 0 Å². The van der Waals surface area contributed by atoms with Gasteiger partial charge < -0.3 is 0 Å². The van der Waals surface area contributed by atoms with Gasteiger partial charge in [-0.05, 0) is 77.5 Å². The zero-order chi connectivity index (χ0) is 22.4. The molecule has 0 amide bonds. The van der Waals surface area contributed by atoms with Crippen LogP contribution < -0.4 is 0 Å². The third-order valence-electron chi connectivity index (χ3n) is 4.94. The van der Waals surface area contributed by atoms with Crippen LogP contribution in [0.25, 0.3) is 0 Å². The van der Waals surface area contributed by atoms with Crippen LogP contribution >= 0.6 is 23.2 Å². The molecule has 0 heterocycles. The van der Waals surface area contributed by atoms with Crippen LogP contribution in [0, 0.1) is 10.8 Å². The summed E-state index contributed by atoms with van der Waals surface area (Å²) >= 11 is 12.4. The zero-order valence-electron chi connectivity index (χ0n) is 19.1. The molecule has 0 radical (unpaired) electrons. The summed E-state index contributed by atoms with van der Waals surface area (Å²) in [6.07, 6.45) is 7.73. The first-order chi connectivity index (χ1) is 13.9. The summed E-state index contributed by atoms with van der Waals surface area (Å²) in [4.78, 5) is 0. The molecule has 0 saturated heterocycles. The van der Waals surface area contributed by atoms with Crippen LogP contribution in [0.5, 0.6) is 0 Å². The van der Waals surface area contributed by atoms with Crippen LogP contribution in [0.1, 0.15) is 76.6 Å². The normalized spacial score (nSPS) is 12.9. The summed E-state index contributed by atoms with van der Waals surface area (Å²) in [5.74, 6) is 0. The zero-order valence-corrected chi connectivity index (χ0v) is 20.6. The Labute approximate surface area is 192 Å². The molecule has 0 spiro atoms. The van der Waals surface area contributed by atoms with Crippen molar-refractivity contribution < 1.29 is 0 Å². The second-order valence-electron chi connectivity index (χ2n) is 10.3. The third kappa shape index (κ3) is 9.02. The number of nitrogens with zero attached hydrogens (tertiary/aromatic N) is 2. The molecule has 0 aliphatic carbocycles. The second kappa shape index (κ2) is 10.6. The number of aryl methyl sites for hydroxylation is 2. The van der Waals surface area contributed by atoms with Gasteiger partial charge in [-0.15, -0.1) is 0 Å². The summed E-state index contributed by atoms with van der Waals surface area (Å²) in [7, 11) is 0. The highest BCUT2D eigenvalue weighted by Crippen LogP contribution is 2.29. The van der Waals surface area contributed by atoms with Gasteiger partial charge in [-0.25, -0.2) is 0 Å². The number of benzene rings is 2. The molecule has 0 saturated carbocycles. The van der Waals surface area contributed by atoms with E-state index in [2.05, 4.69) is 63.9 Å². The predicted molar refractivity (Wildman–Crippen MR) is 134 cm³/mol. The van der Waals surface area contributed by atoms with Crippen LogP contribution in [-0.2, 0) is 12.8 Å². The van der Waals surface area contributed by atoms with E-state index in [-0.39, 0.29) is 10.8 Å². The van der Waals surface area contributed by atoms with Crippen molar-refractivity contribution >= 4 is 35.6 Å². The number of rotatable bonds is 7. The Morgan fingerprint density at radius 2 is 1.17 bits per heavy atom. The first-order valence-corrected chi connectivity index (χ1v) is 11.3. The fourth-order valence-corrected chi connectivity index (χ4v) is 3.46. The Bertz CT molecular complexity index is 844. The monoisotopic (exact) mass is 444 g/mol. The van der Waals surface area contributed by atoms with Crippen LogP contribution in [-0.4, -0.2) is 12.4 Å². The number of hydrogen-bond donors (Lipinski definition) is 0. The Morgan fingerprint density at radius 1 is 0.700 bits per heavy atom. The van der Waals surface area contributed by atoms with Gasteiger partial charge in [-0.1, -0.05) is 76.9 Å². The van der Waals surface area contributed by atoms with E-state index >= 15 is 0 Å². The predicted octanol–water partition coefficient (Wildman–Crippen LogP) is 8.40. The van der Waals surface area contributed by atoms with Crippen molar-refractivity contribution in [2.75, 3.05) is 0 Å². The maximum Gasteiger partial charge on any atom is 0.0573 e. The van der Waals surface area contributed by atoms with E-state index in [1.165, 1.54) is 11.1 Å². The molecule has 0 bridgehead atoms. The Hall–Kier alpha value is -1.64. The van der Waals surface area contributed by atoms with Gasteiger partial charge >= 0.3 is 0 Å². The molecule has 0 atom stereocenters. The van der Waals surface area contributed by atoms with Gasteiger partial charge in [0.2, 0.25) is 0 Å². The maximum absolute atomic E-state index is 6.49. The lowest BCUT2D eigenvalue weighted by Crippen LogP contribution is -2.11. The molecule has 162 valence electrons. The lowest BCUT2D eigenvalue weighted by Gasteiger charge is -2.21. The topological polar surface area (TPSA) is 24.7 Å². The van der Waals surface area contributed by atoms with Crippen molar-refractivity contribution in [3.8, 4) is 0 Å². The van der Waals surface area contributed by atoms with E-state index in [0.717, 1.165) is 41.8 Å². The van der Waals surface area contributed by atoms with Gasteiger partial charge in [0.15, 0.2) is 0 Å². The highest BCUT2D eigenvalue weighted by molar-refractivity contribution is 6.31. The fourth-order valence-electron chi connectivity index (χ4n) is 3.08. The lowest BCUT2D eigenvalue weighted by atomic mass is 9.84. The minimum Gasteiger partial charge on any atom is -0.159 e. The molecule has 0 unspecified atom stereocenters. The third-order valence-corrected chi connectivity index (χ3v) is 5.41. The lowest BCUT2D eigenvalue weighted by molar-refractivity contribution is 0.376. The van der Waals surface area contributed by atoms with Gasteiger partial charge in [0.1, 0.15) is 0 Å². The first-order valence-electron chi connectivity index (χ1n) is 10.6. The largest absolute Gasteiger partial charge is 0.159 e. The molecule has 2 aromatic rings. The maximum atomic E-state index is 6.49. The molecule has 0 N–H and O–H groups in total. The molecule has 0 aliphatic rings. The molecular formula is C26H34Cl2N2. The van der Waals surface area contributed by atoms with Gasteiger partial charge in [-0.2, -0.15) is 10.2 Å². The number of halogens is 2. The van der Waals surface area contributed by atoms with Gasteiger partial charge in [0, 0.05) is 15.6 Å². The minimum absolute atomic E-state index is 0.259. The van der Waals surface area contributed by atoms with Crippen molar-refractivity contribution in [1.29, 1.82) is 0 Å². The standard InChI is InChI=1S/C26H34Cl2N2/c1-25(2,3)13-11-20-15-23(28)16-21(12-14-26(4,5)6)24(20)18-30-29-17-19-7-9-22(27)10-8-19/h7-10,15-18H,11-14H2,1-6H3/b29-17+,30-18+. The van der Waals surface area contributed by atoms with Crippen molar-refractivity contribution in [1.82, 2.24) is 0 Å². The molecule has 2 rings (SSSR count). The summed E-state index contributed by atoms with van der Waals surface area (Å²) in [6.45, 7) is 13.6. The molecule has 30 heavy (non-hydrogen) atoms. The number of hydrogen-bond acceptors (Lipinski definition) is 2. The van der Waals surface area contributed by atoms with Crippen LogP contribution in [0.2, 0.25) is 10.0 Å². The van der Waals surface area contributed by atoms with E-state index in [1.54, 1.807) is 6.21 Å². The van der Waals surface area contributed by atoms with Crippen molar-refractivity contribution in [2.45, 2.75) is 67.2 Å². The van der Waals surface area contributed by atoms with E-state index < -0.39 is 0 Å². The van der Waals surface area contributed by atoms with Gasteiger partial charge in [-0.3, -0.25) is 0 Å². The van der Waals surface area contributed by atoms with E-state index in [1.807, 2.05) is 30.5 Å². The average molecular weight is 445 g/mol. The molecule has 2 aromatic carbocycles. The quantitative estimate of drug-likeness (QED) is 0.302. The Kier molecular flexibility index (Phi) is 8.70. The first kappa shape index (κ1) is 24.6. The van der Waals surface area contributed by atoms with E-state index in [9.17, 15) is 0 Å². The SMILES string of the molecule is CC(C)(C)CCc1cc(Cl)cc(CCC(C)(C)C)c1/C=N/N=C/c1ccc(Cl)cc1. The van der Waals surface area contributed by atoms with Crippen LogP contribution in [0.15, 0.2) is 46.6 Å². The van der Waals surface area contributed by atoms with Gasteiger partial charge in [0.05, 0.1) is 12.4 Å². The summed E-state index contributed by atoms with van der Waals surface area (Å²) < 4.78 is 0. The Morgan fingerprint density at radius 3 is 1.63 bits per heavy atom. The smallest absolute Gasteiger partial charge is 0.0573 e. The minimum atomic E-state index is 0.259. The van der Waals surface area contributed by atoms with Crippen LogP contribution in [0.3, 0.4) is 0 Å². The Balaban J connectivity index is 2.32. The van der Waals surface area contributed by atoms with Crippen LogP contribution in [0.4, 0.5) is 0 Å². The van der Waals surface area contributed by atoms with Crippen molar-refractivity contribution in [3.05, 3.63) is 68.7 Å². The van der Waals surface area contributed by atoms with Crippen molar-refractivity contribution in [3.63, 3.8) is 0 Å².